The third-order valence-electron chi connectivity index (χ3n) is 6.21. The number of hydrogen-bond donors (Lipinski definition) is 0. The van der Waals surface area contributed by atoms with Gasteiger partial charge in [-0.3, -0.25) is 13.9 Å². The van der Waals surface area contributed by atoms with Gasteiger partial charge < -0.3 is 14.0 Å². The van der Waals surface area contributed by atoms with Crippen molar-refractivity contribution >= 4 is 17.0 Å². The van der Waals surface area contributed by atoms with E-state index in [9.17, 15) is 9.59 Å². The molecule has 0 aliphatic carbocycles. The number of hydrogen-bond acceptors (Lipinski definition) is 4. The summed E-state index contributed by atoms with van der Waals surface area (Å²) in [5.41, 5.74) is 3.47. The van der Waals surface area contributed by atoms with E-state index in [1.54, 1.807) is 18.7 Å². The summed E-state index contributed by atoms with van der Waals surface area (Å²) in [4.78, 5) is 26.2. The van der Waals surface area contributed by atoms with E-state index in [4.69, 9.17) is 9.47 Å². The Morgan fingerprint density at radius 1 is 1.00 bits per heavy atom. The number of aromatic nitrogens is 3. The largest absolute Gasteiger partial charge is 0.497 e. The fourth-order valence-electron chi connectivity index (χ4n) is 4.57. The molecule has 7 nitrogen and oxygen atoms in total. The van der Waals surface area contributed by atoms with Crippen LogP contribution in [0.15, 0.2) is 70.3 Å². The molecule has 0 saturated carbocycles. The summed E-state index contributed by atoms with van der Waals surface area (Å²) in [6.07, 6.45) is 3.59. The van der Waals surface area contributed by atoms with Gasteiger partial charge in [-0.1, -0.05) is 36.4 Å². The van der Waals surface area contributed by atoms with Gasteiger partial charge in [0.2, 0.25) is 0 Å². The molecular weight excluding hydrogens is 418 g/mol. The molecule has 33 heavy (non-hydrogen) atoms. The molecule has 4 aromatic rings. The number of ether oxygens (including phenoxy) is 2. The van der Waals surface area contributed by atoms with Crippen molar-refractivity contribution in [2.24, 2.45) is 14.1 Å². The van der Waals surface area contributed by atoms with Crippen LogP contribution in [0.1, 0.15) is 17.4 Å². The van der Waals surface area contributed by atoms with Gasteiger partial charge in [-0.15, -0.1) is 0 Å². The summed E-state index contributed by atoms with van der Waals surface area (Å²) in [6.45, 7) is 1.08. The lowest BCUT2D eigenvalue weighted by molar-refractivity contribution is 0.0532. The van der Waals surface area contributed by atoms with Crippen molar-refractivity contribution in [1.29, 1.82) is 0 Å². The normalized spacial score (nSPS) is 15.8. The number of methoxy groups -OCH3 is 1. The minimum absolute atomic E-state index is 0.313. The third kappa shape index (κ3) is 3.41. The maximum absolute atomic E-state index is 13.4. The Morgan fingerprint density at radius 2 is 1.73 bits per heavy atom. The molecular formula is C26H25N3O4. The minimum Gasteiger partial charge on any atom is -0.497 e. The first kappa shape index (κ1) is 21.0. The average molecular weight is 444 g/mol. The number of aryl methyl sites for hydroxylation is 1. The molecule has 5 rings (SSSR count). The van der Waals surface area contributed by atoms with Crippen LogP contribution in [0.5, 0.6) is 5.75 Å². The highest BCUT2D eigenvalue weighted by Crippen LogP contribution is 2.39. The van der Waals surface area contributed by atoms with Crippen LogP contribution in [0.4, 0.5) is 0 Å². The Bertz CT molecular complexity index is 1470. The van der Waals surface area contributed by atoms with Crippen molar-refractivity contribution in [1.82, 2.24) is 13.7 Å². The molecule has 1 atom stereocenters. The summed E-state index contributed by atoms with van der Waals surface area (Å²) < 4.78 is 16.3. The molecule has 7 heteroatoms. The Hall–Kier alpha value is -3.84. The molecule has 168 valence electrons. The Kier molecular flexibility index (Phi) is 5.26. The van der Waals surface area contributed by atoms with Crippen LogP contribution in [0.2, 0.25) is 0 Å². The molecule has 2 aromatic carbocycles. The van der Waals surface area contributed by atoms with Crippen molar-refractivity contribution < 1.29 is 9.47 Å². The average Bonchev–Trinajstić information content (AvgIpc) is 3.21. The van der Waals surface area contributed by atoms with Crippen molar-refractivity contribution in [3.63, 3.8) is 0 Å². The third-order valence-corrected chi connectivity index (χ3v) is 6.21. The van der Waals surface area contributed by atoms with E-state index in [1.807, 2.05) is 66.7 Å². The molecule has 0 bridgehead atoms. The van der Waals surface area contributed by atoms with Gasteiger partial charge in [0.25, 0.3) is 5.56 Å². The summed E-state index contributed by atoms with van der Waals surface area (Å²) in [7, 11) is 4.84. The van der Waals surface area contributed by atoms with Gasteiger partial charge in [0.1, 0.15) is 11.9 Å². The smallest absolute Gasteiger partial charge is 0.331 e. The molecule has 0 amide bonds. The predicted molar refractivity (Wildman–Crippen MR) is 129 cm³/mol. The van der Waals surface area contributed by atoms with E-state index in [0.29, 0.717) is 24.1 Å². The van der Waals surface area contributed by atoms with Crippen LogP contribution in [0, 0.1) is 0 Å². The number of fused-ring (bicyclic) bond motifs is 3. The quantitative estimate of drug-likeness (QED) is 0.484. The van der Waals surface area contributed by atoms with Crippen molar-refractivity contribution in [2.75, 3.05) is 13.7 Å². The maximum Gasteiger partial charge on any atom is 0.331 e. The van der Waals surface area contributed by atoms with Gasteiger partial charge in [-0.2, -0.15) is 0 Å². The second-order valence-corrected chi connectivity index (χ2v) is 8.10. The van der Waals surface area contributed by atoms with Crippen LogP contribution in [-0.2, 0) is 25.4 Å². The second-order valence-electron chi connectivity index (χ2n) is 8.10. The van der Waals surface area contributed by atoms with Gasteiger partial charge >= 0.3 is 5.69 Å². The van der Waals surface area contributed by atoms with E-state index in [1.165, 1.54) is 7.05 Å². The zero-order chi connectivity index (χ0) is 23.1. The SMILES string of the molecule is COc1ccc(-c2c3c(=O)n(C)c(=O)n(C)c3c3n2CCOC3/C=C/c2ccccc2)cc1. The van der Waals surface area contributed by atoms with E-state index in [2.05, 4.69) is 4.57 Å². The standard InChI is InChI=1S/C26H25N3O4/c1-27-24-21(25(30)28(2)26(27)31)22(18-10-12-19(32-3)13-11-18)29-15-16-33-20(23(24)29)14-9-17-7-5-4-6-8-17/h4-14,20H,15-16H2,1-3H3/b14-9+. The van der Waals surface area contributed by atoms with E-state index >= 15 is 0 Å². The molecule has 0 N–H and O–H groups in total. The lowest BCUT2D eigenvalue weighted by Gasteiger charge is -2.25. The molecule has 1 aliphatic heterocycles. The molecule has 0 radical (unpaired) electrons. The fraction of sp³-hybridized carbons (Fsp3) is 0.231. The van der Waals surface area contributed by atoms with Crippen LogP contribution >= 0.6 is 0 Å². The van der Waals surface area contributed by atoms with E-state index < -0.39 is 6.10 Å². The van der Waals surface area contributed by atoms with Gasteiger partial charge in [0.05, 0.1) is 36.0 Å². The highest BCUT2D eigenvalue weighted by Gasteiger charge is 2.31. The van der Waals surface area contributed by atoms with Crippen molar-refractivity contribution in [3.8, 4) is 17.0 Å². The van der Waals surface area contributed by atoms with Crippen molar-refractivity contribution in [2.45, 2.75) is 12.6 Å². The lowest BCUT2D eigenvalue weighted by atomic mass is 10.1. The van der Waals surface area contributed by atoms with Crippen LogP contribution < -0.4 is 16.0 Å². The molecule has 0 spiro atoms. The molecule has 0 saturated heterocycles. The highest BCUT2D eigenvalue weighted by atomic mass is 16.5. The van der Waals surface area contributed by atoms with Gasteiger partial charge in [-0.05, 0) is 41.5 Å². The van der Waals surface area contributed by atoms with Gasteiger partial charge in [0.15, 0.2) is 0 Å². The Balaban J connectivity index is 1.81. The van der Waals surface area contributed by atoms with E-state index in [0.717, 1.165) is 32.8 Å². The van der Waals surface area contributed by atoms with Crippen molar-refractivity contribution in [3.05, 3.63) is 92.8 Å². The molecule has 3 heterocycles. The molecule has 1 aliphatic rings. The van der Waals surface area contributed by atoms with Crippen LogP contribution in [0.25, 0.3) is 28.2 Å². The zero-order valence-corrected chi connectivity index (χ0v) is 18.8. The minimum atomic E-state index is -0.397. The van der Waals surface area contributed by atoms with Gasteiger partial charge in [0, 0.05) is 20.6 Å². The second kappa shape index (κ2) is 8.26. The molecule has 0 fully saturated rings. The van der Waals surface area contributed by atoms with E-state index in [-0.39, 0.29) is 11.2 Å². The number of nitrogens with zero attached hydrogens (tertiary/aromatic N) is 3. The Labute approximate surface area is 190 Å². The molecule has 2 aromatic heterocycles. The predicted octanol–water partition coefficient (Wildman–Crippen LogP) is 3.50. The highest BCUT2D eigenvalue weighted by molar-refractivity contribution is 5.96. The number of rotatable bonds is 4. The summed E-state index contributed by atoms with van der Waals surface area (Å²) in [5, 5.41) is 0.517. The first-order valence-electron chi connectivity index (χ1n) is 10.8. The Morgan fingerprint density at radius 3 is 2.42 bits per heavy atom. The zero-order valence-electron chi connectivity index (χ0n) is 18.8. The number of benzene rings is 2. The summed E-state index contributed by atoms with van der Waals surface area (Å²) >= 11 is 0. The van der Waals surface area contributed by atoms with Gasteiger partial charge in [-0.25, -0.2) is 4.79 Å². The maximum atomic E-state index is 13.4. The monoisotopic (exact) mass is 443 g/mol. The van der Waals surface area contributed by atoms with Crippen LogP contribution in [0.3, 0.4) is 0 Å². The lowest BCUT2D eigenvalue weighted by Crippen LogP contribution is -2.37. The fourth-order valence-corrected chi connectivity index (χ4v) is 4.57. The first-order chi connectivity index (χ1) is 16.0. The topological polar surface area (TPSA) is 67.4 Å². The molecule has 1 unspecified atom stereocenters. The first-order valence-corrected chi connectivity index (χ1v) is 10.8. The summed E-state index contributed by atoms with van der Waals surface area (Å²) in [5.74, 6) is 0.737. The van der Waals surface area contributed by atoms with Crippen LogP contribution in [-0.4, -0.2) is 27.4 Å². The summed E-state index contributed by atoms with van der Waals surface area (Å²) in [6, 6.07) is 17.6.